The van der Waals surface area contributed by atoms with Crippen molar-refractivity contribution in [1.82, 2.24) is 9.97 Å². The summed E-state index contributed by atoms with van der Waals surface area (Å²) in [5.74, 6) is 1.74. The first-order valence-corrected chi connectivity index (χ1v) is 7.38. The van der Waals surface area contributed by atoms with Crippen LogP contribution in [-0.2, 0) is 12.0 Å². The van der Waals surface area contributed by atoms with Crippen LogP contribution < -0.4 is 5.32 Å². The molecule has 0 aliphatic carbocycles. The standard InChI is InChI=1S/C13H16BrN3S/c1-13(2,3)12-15-7-6-11(17-12)16-8-9-4-5-10(14)18-9/h4-7H,8H2,1-3H3,(H,15,16,17). The molecule has 2 aromatic rings. The Morgan fingerprint density at radius 3 is 2.67 bits per heavy atom. The van der Waals surface area contributed by atoms with E-state index in [4.69, 9.17) is 0 Å². The molecule has 0 atom stereocenters. The van der Waals surface area contributed by atoms with Crippen LogP contribution >= 0.6 is 27.3 Å². The fraction of sp³-hybridized carbons (Fsp3) is 0.385. The van der Waals surface area contributed by atoms with Crippen LogP contribution in [0.1, 0.15) is 31.5 Å². The average molecular weight is 326 g/mol. The lowest BCUT2D eigenvalue weighted by molar-refractivity contribution is 0.546. The lowest BCUT2D eigenvalue weighted by Crippen LogP contribution is -2.16. The van der Waals surface area contributed by atoms with Crippen LogP contribution in [0.5, 0.6) is 0 Å². The van der Waals surface area contributed by atoms with E-state index < -0.39 is 0 Å². The van der Waals surface area contributed by atoms with Gasteiger partial charge in [-0.15, -0.1) is 11.3 Å². The van der Waals surface area contributed by atoms with Gasteiger partial charge in [0.05, 0.1) is 10.3 Å². The third kappa shape index (κ3) is 3.53. The predicted molar refractivity (Wildman–Crippen MR) is 80.1 cm³/mol. The van der Waals surface area contributed by atoms with E-state index in [0.717, 1.165) is 22.0 Å². The van der Waals surface area contributed by atoms with Gasteiger partial charge in [-0.2, -0.15) is 0 Å². The van der Waals surface area contributed by atoms with Crippen molar-refractivity contribution >= 4 is 33.1 Å². The second-order valence-electron chi connectivity index (χ2n) is 5.07. The molecule has 0 aromatic carbocycles. The van der Waals surface area contributed by atoms with Gasteiger partial charge >= 0.3 is 0 Å². The molecule has 0 fully saturated rings. The fourth-order valence-corrected chi connectivity index (χ4v) is 2.87. The van der Waals surface area contributed by atoms with Gasteiger partial charge in [0.25, 0.3) is 0 Å². The van der Waals surface area contributed by atoms with E-state index in [-0.39, 0.29) is 5.41 Å². The minimum Gasteiger partial charge on any atom is -0.365 e. The highest BCUT2D eigenvalue weighted by Crippen LogP contribution is 2.23. The van der Waals surface area contributed by atoms with Crippen molar-refractivity contribution < 1.29 is 0 Å². The van der Waals surface area contributed by atoms with Crippen molar-refractivity contribution in [3.8, 4) is 0 Å². The minimum atomic E-state index is -0.0242. The second-order valence-corrected chi connectivity index (χ2v) is 7.62. The summed E-state index contributed by atoms with van der Waals surface area (Å²) in [6.45, 7) is 7.13. The highest BCUT2D eigenvalue weighted by atomic mass is 79.9. The largest absolute Gasteiger partial charge is 0.365 e. The van der Waals surface area contributed by atoms with Gasteiger partial charge in [-0.3, -0.25) is 0 Å². The number of hydrogen-bond donors (Lipinski definition) is 1. The van der Waals surface area contributed by atoms with Crippen LogP contribution in [0.15, 0.2) is 28.2 Å². The molecule has 0 bridgehead atoms. The molecule has 96 valence electrons. The number of nitrogens with zero attached hydrogens (tertiary/aromatic N) is 2. The van der Waals surface area contributed by atoms with Crippen LogP contribution in [0.25, 0.3) is 0 Å². The SMILES string of the molecule is CC(C)(C)c1nccc(NCc2ccc(Br)s2)n1. The zero-order valence-corrected chi connectivity index (χ0v) is 13.1. The van der Waals surface area contributed by atoms with Gasteiger partial charge in [0.15, 0.2) is 0 Å². The van der Waals surface area contributed by atoms with Crippen LogP contribution in [0.3, 0.4) is 0 Å². The monoisotopic (exact) mass is 325 g/mol. The Balaban J connectivity index is 2.06. The van der Waals surface area contributed by atoms with E-state index >= 15 is 0 Å². The lowest BCUT2D eigenvalue weighted by atomic mass is 9.96. The van der Waals surface area contributed by atoms with E-state index in [0.29, 0.717) is 0 Å². The van der Waals surface area contributed by atoms with Crippen molar-refractivity contribution in [2.45, 2.75) is 32.7 Å². The molecular formula is C13H16BrN3S. The number of thiophene rings is 1. The molecule has 2 rings (SSSR count). The number of aromatic nitrogens is 2. The van der Waals surface area contributed by atoms with Gasteiger partial charge in [-0.05, 0) is 34.1 Å². The highest BCUT2D eigenvalue weighted by Gasteiger charge is 2.17. The minimum absolute atomic E-state index is 0.0242. The highest BCUT2D eigenvalue weighted by molar-refractivity contribution is 9.11. The molecule has 5 heteroatoms. The van der Waals surface area contributed by atoms with Gasteiger partial charge < -0.3 is 5.32 Å². The first-order valence-electron chi connectivity index (χ1n) is 5.77. The maximum atomic E-state index is 4.54. The summed E-state index contributed by atoms with van der Waals surface area (Å²) in [6.07, 6.45) is 1.81. The fourth-order valence-electron chi connectivity index (χ4n) is 1.44. The summed E-state index contributed by atoms with van der Waals surface area (Å²) >= 11 is 5.19. The second kappa shape index (κ2) is 5.36. The number of halogens is 1. The van der Waals surface area contributed by atoms with Crippen LogP contribution in [0.2, 0.25) is 0 Å². The quantitative estimate of drug-likeness (QED) is 0.918. The zero-order valence-electron chi connectivity index (χ0n) is 10.7. The van der Waals surface area contributed by atoms with Gasteiger partial charge in [0.2, 0.25) is 0 Å². The number of hydrogen-bond acceptors (Lipinski definition) is 4. The molecule has 0 spiro atoms. The Kier molecular flexibility index (Phi) is 4.02. The molecule has 0 saturated carbocycles. The van der Waals surface area contributed by atoms with E-state index in [1.807, 2.05) is 6.07 Å². The zero-order chi connectivity index (χ0) is 13.2. The van der Waals surface area contributed by atoms with Gasteiger partial charge in [0.1, 0.15) is 11.6 Å². The predicted octanol–water partition coefficient (Wildman–Crippen LogP) is 4.21. The third-order valence-electron chi connectivity index (χ3n) is 2.40. The molecule has 0 unspecified atom stereocenters. The summed E-state index contributed by atoms with van der Waals surface area (Å²) < 4.78 is 1.15. The molecule has 0 aliphatic rings. The van der Waals surface area contributed by atoms with Crippen molar-refractivity contribution in [1.29, 1.82) is 0 Å². The summed E-state index contributed by atoms with van der Waals surface area (Å²) in [6, 6.07) is 6.06. The molecule has 0 amide bonds. The Bertz CT molecular complexity index is 531. The summed E-state index contributed by atoms with van der Waals surface area (Å²) in [4.78, 5) is 10.1. The molecule has 18 heavy (non-hydrogen) atoms. The van der Waals surface area contributed by atoms with E-state index in [1.54, 1.807) is 17.5 Å². The molecule has 0 aliphatic heterocycles. The van der Waals surface area contributed by atoms with Crippen LogP contribution in [-0.4, -0.2) is 9.97 Å². The lowest BCUT2D eigenvalue weighted by Gasteiger charge is -2.17. The summed E-state index contributed by atoms with van der Waals surface area (Å²) in [5, 5.41) is 3.33. The molecular weight excluding hydrogens is 310 g/mol. The Labute approximate surface area is 120 Å². The molecule has 1 N–H and O–H groups in total. The van der Waals surface area contributed by atoms with Crippen molar-refractivity contribution in [2.75, 3.05) is 5.32 Å². The number of rotatable bonds is 3. The molecule has 2 aromatic heterocycles. The maximum absolute atomic E-state index is 4.54. The normalized spacial score (nSPS) is 11.6. The van der Waals surface area contributed by atoms with Crippen LogP contribution in [0, 0.1) is 0 Å². The van der Waals surface area contributed by atoms with Gasteiger partial charge in [-0.25, -0.2) is 9.97 Å². The average Bonchev–Trinajstić information content (AvgIpc) is 2.72. The van der Waals surface area contributed by atoms with Gasteiger partial charge in [-0.1, -0.05) is 20.8 Å². The topological polar surface area (TPSA) is 37.8 Å². The van der Waals surface area contributed by atoms with Crippen molar-refractivity contribution in [3.05, 3.63) is 38.9 Å². The first kappa shape index (κ1) is 13.5. The Morgan fingerprint density at radius 2 is 2.06 bits per heavy atom. The maximum Gasteiger partial charge on any atom is 0.135 e. The Morgan fingerprint density at radius 1 is 1.28 bits per heavy atom. The molecule has 0 radical (unpaired) electrons. The van der Waals surface area contributed by atoms with Gasteiger partial charge in [0, 0.05) is 16.5 Å². The summed E-state index contributed by atoms with van der Waals surface area (Å²) in [7, 11) is 0. The number of nitrogens with one attached hydrogen (secondary N) is 1. The van der Waals surface area contributed by atoms with E-state index in [2.05, 4.69) is 64.1 Å². The van der Waals surface area contributed by atoms with E-state index in [1.165, 1.54) is 4.88 Å². The van der Waals surface area contributed by atoms with E-state index in [9.17, 15) is 0 Å². The molecule has 0 saturated heterocycles. The Hall–Kier alpha value is -0.940. The first-order chi connectivity index (χ1) is 8.45. The van der Waals surface area contributed by atoms with Crippen molar-refractivity contribution in [3.63, 3.8) is 0 Å². The van der Waals surface area contributed by atoms with Crippen LogP contribution in [0.4, 0.5) is 5.82 Å². The number of anilines is 1. The van der Waals surface area contributed by atoms with Crippen molar-refractivity contribution in [2.24, 2.45) is 0 Å². The summed E-state index contributed by atoms with van der Waals surface area (Å²) in [5.41, 5.74) is -0.0242. The molecule has 3 nitrogen and oxygen atoms in total. The smallest absolute Gasteiger partial charge is 0.135 e. The molecule has 2 heterocycles. The third-order valence-corrected chi connectivity index (χ3v) is 4.02.